The number of aryl methyl sites for hydroxylation is 1. The number of fused-ring (bicyclic) bond motifs is 1. The molecular weight excluding hydrogens is 415 g/mol. The maximum Gasteiger partial charge on any atom is 0.165 e. The van der Waals surface area contributed by atoms with Crippen molar-refractivity contribution in [3.8, 4) is 5.75 Å². The minimum Gasteiger partial charge on any atom is -0.497 e. The van der Waals surface area contributed by atoms with Crippen LogP contribution >= 0.6 is 12.4 Å². The molecule has 1 N–H and O–H groups in total. The first-order valence-corrected chi connectivity index (χ1v) is 10.8. The number of benzene rings is 2. The van der Waals surface area contributed by atoms with E-state index in [9.17, 15) is 9.18 Å². The van der Waals surface area contributed by atoms with Gasteiger partial charge in [0.2, 0.25) is 0 Å². The highest BCUT2D eigenvalue weighted by Gasteiger charge is 2.23. The Labute approximate surface area is 189 Å². The molecule has 6 heteroatoms. The van der Waals surface area contributed by atoms with Gasteiger partial charge < -0.3 is 14.6 Å². The second-order valence-corrected chi connectivity index (χ2v) is 8.17. The summed E-state index contributed by atoms with van der Waals surface area (Å²) in [6, 6.07) is 12.1. The number of aromatic amines is 1. The van der Waals surface area contributed by atoms with Crippen molar-refractivity contribution in [1.29, 1.82) is 0 Å². The number of carbonyl (C=O) groups is 1. The number of nitrogens with one attached hydrogen (secondary N) is 1. The summed E-state index contributed by atoms with van der Waals surface area (Å²) < 4.78 is 18.5. The summed E-state index contributed by atoms with van der Waals surface area (Å²) in [6.07, 6.45) is 7.02. The fourth-order valence-corrected chi connectivity index (χ4v) is 4.48. The number of hydrogen-bond donors (Lipinski definition) is 1. The number of nitrogens with zero attached hydrogens (tertiary/aromatic N) is 1. The summed E-state index contributed by atoms with van der Waals surface area (Å²) in [7, 11) is 1.70. The van der Waals surface area contributed by atoms with Crippen molar-refractivity contribution >= 4 is 29.1 Å². The average molecular weight is 445 g/mol. The number of Topliss-reactive ketones (excluding diaryl/α,β-unsaturated/α-hetero) is 1. The van der Waals surface area contributed by atoms with E-state index in [1.807, 2.05) is 6.07 Å². The topological polar surface area (TPSA) is 45.3 Å². The lowest BCUT2D eigenvalue weighted by Crippen LogP contribution is -2.26. The molecule has 0 spiro atoms. The Morgan fingerprint density at radius 2 is 1.97 bits per heavy atom. The summed E-state index contributed by atoms with van der Waals surface area (Å²) in [5.41, 5.74) is 3.09. The van der Waals surface area contributed by atoms with E-state index >= 15 is 0 Å². The van der Waals surface area contributed by atoms with Crippen LogP contribution in [0.15, 0.2) is 48.7 Å². The van der Waals surface area contributed by atoms with Crippen LogP contribution in [0.5, 0.6) is 5.75 Å². The highest BCUT2D eigenvalue weighted by atomic mass is 35.5. The first-order chi connectivity index (χ1) is 14.6. The largest absolute Gasteiger partial charge is 0.497 e. The van der Waals surface area contributed by atoms with Gasteiger partial charge in [0, 0.05) is 28.6 Å². The molecule has 1 fully saturated rings. The molecule has 1 aliphatic rings. The highest BCUT2D eigenvalue weighted by Crippen LogP contribution is 2.25. The number of ketones is 1. The van der Waals surface area contributed by atoms with Crippen LogP contribution in [0.25, 0.3) is 10.9 Å². The SMILES string of the molecule is COc1ccc2[nH]cc(CCCN3CCCC(C(=O)c4ccc(F)cc4)CC3)c2c1.Cl. The predicted octanol–water partition coefficient (Wildman–Crippen LogP) is 5.66. The molecule has 31 heavy (non-hydrogen) atoms. The second kappa shape index (κ2) is 10.8. The van der Waals surface area contributed by atoms with Crippen LogP contribution in [-0.4, -0.2) is 42.4 Å². The van der Waals surface area contributed by atoms with Gasteiger partial charge in [0.25, 0.3) is 0 Å². The molecule has 2 heterocycles. The van der Waals surface area contributed by atoms with E-state index in [2.05, 4.69) is 28.2 Å². The van der Waals surface area contributed by atoms with Crippen molar-refractivity contribution in [1.82, 2.24) is 9.88 Å². The molecule has 166 valence electrons. The fraction of sp³-hybridized carbons (Fsp3) is 0.400. The Hall–Kier alpha value is -2.37. The van der Waals surface area contributed by atoms with Gasteiger partial charge in [0.05, 0.1) is 7.11 Å². The number of carbonyl (C=O) groups excluding carboxylic acids is 1. The van der Waals surface area contributed by atoms with E-state index in [1.54, 1.807) is 19.2 Å². The Kier molecular flexibility index (Phi) is 8.10. The summed E-state index contributed by atoms with van der Waals surface area (Å²) in [6.45, 7) is 3.02. The quantitative estimate of drug-likeness (QED) is 0.478. The van der Waals surface area contributed by atoms with Gasteiger partial charge in [0.15, 0.2) is 5.78 Å². The molecule has 0 radical (unpaired) electrons. The third-order valence-electron chi connectivity index (χ3n) is 6.22. The first kappa shape index (κ1) is 23.3. The molecule has 1 atom stereocenters. The smallest absolute Gasteiger partial charge is 0.165 e. The van der Waals surface area contributed by atoms with Crippen molar-refractivity contribution in [2.24, 2.45) is 5.92 Å². The van der Waals surface area contributed by atoms with Gasteiger partial charge in [-0.1, -0.05) is 0 Å². The van der Waals surface area contributed by atoms with Gasteiger partial charge in [-0.2, -0.15) is 0 Å². The van der Waals surface area contributed by atoms with E-state index < -0.39 is 0 Å². The molecule has 0 saturated carbocycles. The molecule has 1 aromatic heterocycles. The highest BCUT2D eigenvalue weighted by molar-refractivity contribution is 5.97. The van der Waals surface area contributed by atoms with Crippen molar-refractivity contribution < 1.29 is 13.9 Å². The van der Waals surface area contributed by atoms with Crippen molar-refractivity contribution in [3.63, 3.8) is 0 Å². The van der Waals surface area contributed by atoms with Gasteiger partial charge in [-0.3, -0.25) is 4.79 Å². The van der Waals surface area contributed by atoms with Crippen molar-refractivity contribution in [2.45, 2.75) is 32.1 Å². The number of likely N-dealkylation sites (tertiary alicyclic amines) is 1. The van der Waals surface area contributed by atoms with Gasteiger partial charge in [0.1, 0.15) is 11.6 Å². The summed E-state index contributed by atoms with van der Waals surface area (Å²) >= 11 is 0. The number of H-pyrrole nitrogens is 1. The fourth-order valence-electron chi connectivity index (χ4n) is 4.48. The summed E-state index contributed by atoms with van der Waals surface area (Å²) in [4.78, 5) is 18.6. The molecule has 1 saturated heterocycles. The van der Waals surface area contributed by atoms with Crippen molar-refractivity contribution in [3.05, 3.63) is 65.6 Å². The van der Waals surface area contributed by atoms with E-state index in [0.717, 1.165) is 63.0 Å². The monoisotopic (exact) mass is 444 g/mol. The maximum atomic E-state index is 13.1. The zero-order valence-corrected chi connectivity index (χ0v) is 18.7. The average Bonchev–Trinajstić information content (AvgIpc) is 3.01. The molecule has 3 aromatic rings. The van der Waals surface area contributed by atoms with E-state index in [4.69, 9.17) is 4.74 Å². The van der Waals surface area contributed by atoms with Crippen LogP contribution in [-0.2, 0) is 6.42 Å². The Bertz CT molecular complexity index is 1000. The molecule has 2 aromatic carbocycles. The lowest BCUT2D eigenvalue weighted by atomic mass is 9.91. The van der Waals surface area contributed by atoms with Gasteiger partial charge >= 0.3 is 0 Å². The molecule has 4 nitrogen and oxygen atoms in total. The zero-order valence-electron chi connectivity index (χ0n) is 17.9. The molecule has 0 amide bonds. The van der Waals surface area contributed by atoms with Crippen molar-refractivity contribution in [2.75, 3.05) is 26.7 Å². The minimum absolute atomic E-state index is 0. The molecule has 1 aliphatic heterocycles. The Balaban J connectivity index is 0.00000272. The molecular formula is C25H30ClFN2O2. The normalized spacial score (nSPS) is 17.2. The first-order valence-electron chi connectivity index (χ1n) is 10.8. The van der Waals surface area contributed by atoms with Crippen LogP contribution in [0.2, 0.25) is 0 Å². The van der Waals surface area contributed by atoms with Gasteiger partial charge in [-0.15, -0.1) is 12.4 Å². The Morgan fingerprint density at radius 1 is 1.16 bits per heavy atom. The predicted molar refractivity (Wildman–Crippen MR) is 125 cm³/mol. The standard InChI is InChI=1S/C25H29FN2O2.ClH/c1-30-22-10-11-24-23(16-22)20(17-27-24)5-3-14-28-13-2-4-18(12-15-28)25(29)19-6-8-21(26)9-7-19;/h6-11,16-18,27H,2-5,12-15H2,1H3;1H. The minimum atomic E-state index is -0.299. The Morgan fingerprint density at radius 3 is 2.74 bits per heavy atom. The summed E-state index contributed by atoms with van der Waals surface area (Å²) in [5.74, 6) is 0.783. The van der Waals surface area contributed by atoms with E-state index in [1.165, 1.54) is 23.1 Å². The van der Waals surface area contributed by atoms with Crippen LogP contribution in [0.1, 0.15) is 41.6 Å². The third kappa shape index (κ3) is 5.66. The number of rotatable bonds is 7. The van der Waals surface area contributed by atoms with Crippen LogP contribution in [0, 0.1) is 11.7 Å². The molecule has 0 bridgehead atoms. The van der Waals surface area contributed by atoms with Gasteiger partial charge in [-0.05, 0) is 99.8 Å². The maximum absolute atomic E-state index is 13.1. The summed E-state index contributed by atoms with van der Waals surface area (Å²) in [5, 5.41) is 1.23. The third-order valence-corrected chi connectivity index (χ3v) is 6.22. The number of hydrogen-bond acceptors (Lipinski definition) is 3. The van der Waals surface area contributed by atoms with E-state index in [-0.39, 0.29) is 29.9 Å². The number of halogens is 2. The lowest BCUT2D eigenvalue weighted by molar-refractivity contribution is 0.0907. The number of ether oxygens (including phenoxy) is 1. The molecule has 4 rings (SSSR count). The van der Waals surface area contributed by atoms with Crippen LogP contribution < -0.4 is 4.74 Å². The number of methoxy groups -OCH3 is 1. The number of aromatic nitrogens is 1. The van der Waals surface area contributed by atoms with Gasteiger partial charge in [-0.25, -0.2) is 4.39 Å². The molecule has 0 aliphatic carbocycles. The second-order valence-electron chi connectivity index (χ2n) is 8.17. The van der Waals surface area contributed by atoms with E-state index in [0.29, 0.717) is 5.56 Å². The van der Waals surface area contributed by atoms with Crippen LogP contribution in [0.3, 0.4) is 0 Å². The zero-order chi connectivity index (χ0) is 20.9. The molecule has 1 unspecified atom stereocenters. The van der Waals surface area contributed by atoms with Crippen LogP contribution in [0.4, 0.5) is 4.39 Å². The lowest BCUT2D eigenvalue weighted by Gasteiger charge is -2.20.